The first-order valence-electron chi connectivity index (χ1n) is 32.6. The zero-order valence-electron chi connectivity index (χ0n) is 52.0. The van der Waals surface area contributed by atoms with Crippen molar-refractivity contribution >= 4 is 17.9 Å². The predicted molar refractivity (Wildman–Crippen MR) is 352 cm³/mol. The van der Waals surface area contributed by atoms with Gasteiger partial charge in [0.2, 0.25) is 0 Å². The predicted octanol–water partition coefficient (Wildman–Crippen LogP) is 22.7. The number of rotatable bonds is 57. The molecule has 1 unspecified atom stereocenters. The van der Waals surface area contributed by atoms with Crippen LogP contribution in [0, 0.1) is 0 Å². The van der Waals surface area contributed by atoms with Crippen molar-refractivity contribution in [2.45, 2.75) is 271 Å². The maximum Gasteiger partial charge on any atom is 0.306 e. The smallest absolute Gasteiger partial charge is 0.306 e. The highest BCUT2D eigenvalue weighted by molar-refractivity contribution is 5.71. The van der Waals surface area contributed by atoms with Gasteiger partial charge in [0.25, 0.3) is 0 Å². The normalized spacial score (nSPS) is 13.3. The summed E-state index contributed by atoms with van der Waals surface area (Å²) >= 11 is 0. The Morgan fingerprint density at radius 1 is 0.259 bits per heavy atom. The van der Waals surface area contributed by atoms with Crippen LogP contribution >= 0.6 is 0 Å². The first kappa shape index (κ1) is 75.8. The summed E-state index contributed by atoms with van der Waals surface area (Å²) < 4.78 is 16.9. The topological polar surface area (TPSA) is 78.9 Å². The summed E-state index contributed by atoms with van der Waals surface area (Å²) in [4.78, 5) is 38.3. The van der Waals surface area contributed by atoms with Gasteiger partial charge in [-0.1, -0.05) is 262 Å². The number of hydrogen-bond acceptors (Lipinski definition) is 6. The molecule has 0 amide bonds. The zero-order valence-corrected chi connectivity index (χ0v) is 52.0. The van der Waals surface area contributed by atoms with E-state index in [4.69, 9.17) is 14.2 Å². The van der Waals surface area contributed by atoms with E-state index in [1.165, 1.54) is 77.0 Å². The van der Waals surface area contributed by atoms with Gasteiger partial charge in [0.1, 0.15) is 13.2 Å². The van der Waals surface area contributed by atoms with Crippen LogP contribution in [0.3, 0.4) is 0 Å². The van der Waals surface area contributed by atoms with Gasteiger partial charge < -0.3 is 14.2 Å². The van der Waals surface area contributed by atoms with Crippen LogP contribution in [-0.2, 0) is 28.6 Å². The molecular weight excluding hydrogens is 997 g/mol. The molecule has 6 nitrogen and oxygen atoms in total. The minimum atomic E-state index is -0.821. The Balaban J connectivity index is 4.46. The van der Waals surface area contributed by atoms with E-state index in [1.54, 1.807) is 0 Å². The molecule has 0 aliphatic heterocycles. The van der Waals surface area contributed by atoms with Crippen LogP contribution in [0.15, 0.2) is 170 Å². The summed E-state index contributed by atoms with van der Waals surface area (Å²) in [6, 6.07) is 0. The maximum absolute atomic E-state index is 12.9. The number of esters is 3. The highest BCUT2D eigenvalue weighted by atomic mass is 16.6. The van der Waals surface area contributed by atoms with Gasteiger partial charge in [0, 0.05) is 19.3 Å². The number of unbranched alkanes of at least 4 members (excludes halogenated alkanes) is 18. The van der Waals surface area contributed by atoms with Crippen molar-refractivity contribution < 1.29 is 28.6 Å². The van der Waals surface area contributed by atoms with Crippen molar-refractivity contribution in [1.82, 2.24) is 0 Å². The van der Waals surface area contributed by atoms with Gasteiger partial charge in [0.15, 0.2) is 6.10 Å². The van der Waals surface area contributed by atoms with E-state index in [-0.39, 0.29) is 31.1 Å². The van der Waals surface area contributed by atoms with Crippen molar-refractivity contribution in [3.05, 3.63) is 170 Å². The molecule has 454 valence electrons. The van der Waals surface area contributed by atoms with E-state index in [1.807, 2.05) is 0 Å². The molecule has 1 atom stereocenters. The van der Waals surface area contributed by atoms with Crippen LogP contribution in [0.1, 0.15) is 265 Å². The second-order valence-corrected chi connectivity index (χ2v) is 20.9. The second kappa shape index (κ2) is 67.3. The average molecular weight is 1120 g/mol. The number of hydrogen-bond donors (Lipinski definition) is 0. The Bertz CT molecular complexity index is 1860. The molecule has 81 heavy (non-hydrogen) atoms. The molecule has 0 N–H and O–H groups in total. The highest BCUT2D eigenvalue weighted by Crippen LogP contribution is 2.14. The van der Waals surface area contributed by atoms with E-state index in [9.17, 15) is 14.4 Å². The fourth-order valence-corrected chi connectivity index (χ4v) is 8.36. The third-order valence-corrected chi connectivity index (χ3v) is 13.2. The molecule has 0 bridgehead atoms. The van der Waals surface area contributed by atoms with Gasteiger partial charge in [-0.3, -0.25) is 14.4 Å². The largest absolute Gasteiger partial charge is 0.462 e. The van der Waals surface area contributed by atoms with E-state index < -0.39 is 6.10 Å². The SMILES string of the molecule is CC/C=C\C/C=C\C/C=C\C/C=C\C/C=C\C/C=C\C/C=C\C/C=C\C/C=C\CCCCCC(=O)OCC(COC(=O)CCCC/C=C\C/C=C\C/C=C\C/C=C\CC)OC(=O)CCCCCCCCC/C=C\CCCCCCCC. The molecule has 6 heteroatoms. The second-order valence-electron chi connectivity index (χ2n) is 20.9. The van der Waals surface area contributed by atoms with Crippen molar-refractivity contribution in [2.75, 3.05) is 13.2 Å². The van der Waals surface area contributed by atoms with Crippen LogP contribution in [0.4, 0.5) is 0 Å². The lowest BCUT2D eigenvalue weighted by molar-refractivity contribution is -0.167. The minimum Gasteiger partial charge on any atom is -0.462 e. The van der Waals surface area contributed by atoms with Gasteiger partial charge in [-0.25, -0.2) is 0 Å². The molecule has 0 aliphatic rings. The fourth-order valence-electron chi connectivity index (χ4n) is 8.36. The number of carbonyl (C=O) groups excluding carboxylic acids is 3. The zero-order chi connectivity index (χ0) is 58.5. The van der Waals surface area contributed by atoms with Crippen LogP contribution < -0.4 is 0 Å². The molecule has 0 saturated heterocycles. The molecule has 0 radical (unpaired) electrons. The highest BCUT2D eigenvalue weighted by Gasteiger charge is 2.19. The summed E-state index contributed by atoms with van der Waals surface area (Å²) in [6.45, 7) is 6.34. The molecule has 0 heterocycles. The summed E-state index contributed by atoms with van der Waals surface area (Å²) in [6.07, 6.45) is 99.3. The van der Waals surface area contributed by atoms with E-state index >= 15 is 0 Å². The van der Waals surface area contributed by atoms with E-state index in [2.05, 4.69) is 191 Å². The monoisotopic (exact) mass is 1110 g/mol. The Hall–Kier alpha value is -5.23. The third-order valence-electron chi connectivity index (χ3n) is 13.2. The summed E-state index contributed by atoms with van der Waals surface area (Å²) in [5, 5.41) is 0. The van der Waals surface area contributed by atoms with Crippen molar-refractivity contribution in [3.8, 4) is 0 Å². The Kier molecular flexibility index (Phi) is 62.9. The Morgan fingerprint density at radius 3 is 0.802 bits per heavy atom. The van der Waals surface area contributed by atoms with E-state index in [0.717, 1.165) is 141 Å². The third kappa shape index (κ3) is 65.5. The van der Waals surface area contributed by atoms with Gasteiger partial charge in [-0.15, -0.1) is 0 Å². The Labute approximate surface area is 498 Å². The summed E-state index contributed by atoms with van der Waals surface area (Å²) in [5.41, 5.74) is 0. The van der Waals surface area contributed by atoms with Crippen LogP contribution in [-0.4, -0.2) is 37.2 Å². The molecule has 0 aromatic heterocycles. The van der Waals surface area contributed by atoms with Crippen molar-refractivity contribution in [3.63, 3.8) is 0 Å². The molecule has 0 aromatic carbocycles. The number of ether oxygens (including phenoxy) is 3. The van der Waals surface area contributed by atoms with Crippen LogP contribution in [0.25, 0.3) is 0 Å². The minimum absolute atomic E-state index is 0.118. The molecule has 0 saturated carbocycles. The van der Waals surface area contributed by atoms with Gasteiger partial charge in [-0.2, -0.15) is 0 Å². The lowest BCUT2D eigenvalue weighted by atomic mass is 10.1. The van der Waals surface area contributed by atoms with E-state index in [0.29, 0.717) is 25.7 Å². The van der Waals surface area contributed by atoms with Gasteiger partial charge in [-0.05, 0) is 154 Å². The van der Waals surface area contributed by atoms with Crippen LogP contribution in [0.2, 0.25) is 0 Å². The molecule has 0 spiro atoms. The Morgan fingerprint density at radius 2 is 0.481 bits per heavy atom. The quantitative estimate of drug-likeness (QED) is 0.0261. The van der Waals surface area contributed by atoms with Crippen molar-refractivity contribution in [1.29, 1.82) is 0 Å². The van der Waals surface area contributed by atoms with Gasteiger partial charge >= 0.3 is 17.9 Å². The van der Waals surface area contributed by atoms with Crippen molar-refractivity contribution in [2.24, 2.45) is 0 Å². The molecular formula is C75H118O6. The molecule has 0 rings (SSSR count). The lowest BCUT2D eigenvalue weighted by Gasteiger charge is -2.18. The average Bonchev–Trinajstić information content (AvgIpc) is 3.47. The summed E-state index contributed by atoms with van der Waals surface area (Å²) in [5.74, 6) is -0.998. The molecule has 0 aliphatic carbocycles. The van der Waals surface area contributed by atoms with Gasteiger partial charge in [0.05, 0.1) is 0 Å². The lowest BCUT2D eigenvalue weighted by Crippen LogP contribution is -2.30. The summed E-state index contributed by atoms with van der Waals surface area (Å²) in [7, 11) is 0. The first-order chi connectivity index (χ1) is 40.0. The van der Waals surface area contributed by atoms with Crippen LogP contribution in [0.5, 0.6) is 0 Å². The molecule has 0 fully saturated rings. The molecule has 0 aromatic rings. The standard InChI is InChI=1S/C75H118O6/c1-4-7-10-13-16-19-22-25-28-30-31-32-33-34-35-36-37-38-39-40-41-42-43-45-47-50-53-56-59-62-65-68-74(77)80-71-72(70-79-73(76)67-64-61-58-55-52-49-46-27-24-21-18-15-12-9-6-3)81-75(78)69-66-63-60-57-54-51-48-44-29-26-23-20-17-14-11-8-5-2/h7,9-10,12,16,18-19,21,25-29,31-32,34-35,37-38,40-41,43,45-46,50,52-53,55,72H,4-6,8,11,13-15,17,20,22-24,30,33,36,39,42,44,47-49,51,54,56-71H2,1-3H3/b10-7-,12-9-,19-16-,21-18-,28-25-,29-26-,32-31-,35-34-,38-37-,41-40-,45-43-,46-27-,53-50-,55-52-. The fraction of sp³-hybridized carbons (Fsp3) is 0.587. The number of carbonyl (C=O) groups is 3. The maximum atomic E-state index is 12.9. The number of allylic oxidation sites excluding steroid dienone is 28. The first-order valence-corrected chi connectivity index (χ1v) is 32.6.